The van der Waals surface area contributed by atoms with Crippen molar-refractivity contribution in [3.05, 3.63) is 59.7 Å². The van der Waals surface area contributed by atoms with Crippen molar-refractivity contribution in [1.82, 2.24) is 0 Å². The maximum absolute atomic E-state index is 12.7. The van der Waals surface area contributed by atoms with Gasteiger partial charge in [-0.1, -0.05) is 18.2 Å². The zero-order valence-corrected chi connectivity index (χ0v) is 13.5. The van der Waals surface area contributed by atoms with Gasteiger partial charge in [0.2, 0.25) is 0 Å². The van der Waals surface area contributed by atoms with Crippen LogP contribution < -0.4 is 8.92 Å². The van der Waals surface area contributed by atoms with Gasteiger partial charge in [0, 0.05) is 0 Å². The Kier molecular flexibility index (Phi) is 5.38. The summed E-state index contributed by atoms with van der Waals surface area (Å²) < 4.78 is 72.1. The number of halogens is 3. The van der Waals surface area contributed by atoms with Gasteiger partial charge in [-0.3, -0.25) is 0 Å². The molecule has 0 heterocycles. The third-order valence-corrected chi connectivity index (χ3v) is 4.09. The standard InChI is InChI=1S/C16H15F3O4S/c1-2-22-14-6-8-15(9-7-14)23-24(20,21)11-12-4-3-5-13(10-12)16(17,18)19/h3-10H,2,11H2,1H3. The largest absolute Gasteiger partial charge is 0.494 e. The molecule has 2 aromatic carbocycles. The van der Waals surface area contributed by atoms with Gasteiger partial charge in [-0.05, 0) is 42.8 Å². The van der Waals surface area contributed by atoms with Gasteiger partial charge >= 0.3 is 16.3 Å². The van der Waals surface area contributed by atoms with Gasteiger partial charge in [-0.25, -0.2) is 0 Å². The summed E-state index contributed by atoms with van der Waals surface area (Å²) in [6.45, 7) is 2.28. The Bertz CT molecular complexity index is 784. The summed E-state index contributed by atoms with van der Waals surface area (Å²) in [6.07, 6.45) is -4.53. The molecule has 0 unspecified atom stereocenters. The van der Waals surface area contributed by atoms with Crippen molar-refractivity contribution in [1.29, 1.82) is 0 Å². The number of hydrogen-bond acceptors (Lipinski definition) is 4. The van der Waals surface area contributed by atoms with Crippen LogP contribution in [0.5, 0.6) is 11.5 Å². The predicted molar refractivity (Wildman–Crippen MR) is 82.3 cm³/mol. The highest BCUT2D eigenvalue weighted by Gasteiger charge is 2.30. The van der Waals surface area contributed by atoms with E-state index in [1.807, 2.05) is 6.92 Å². The van der Waals surface area contributed by atoms with E-state index in [1.54, 1.807) is 12.1 Å². The molecule has 24 heavy (non-hydrogen) atoms. The number of rotatable bonds is 6. The Morgan fingerprint density at radius 2 is 1.62 bits per heavy atom. The summed E-state index contributed by atoms with van der Waals surface area (Å²) in [7, 11) is -4.08. The van der Waals surface area contributed by atoms with Crippen molar-refractivity contribution < 1.29 is 30.5 Å². The minimum absolute atomic E-state index is 0.00392. The molecule has 0 spiro atoms. The van der Waals surface area contributed by atoms with Crippen LogP contribution in [0.15, 0.2) is 48.5 Å². The highest BCUT2D eigenvalue weighted by molar-refractivity contribution is 7.86. The molecule has 4 nitrogen and oxygen atoms in total. The van der Waals surface area contributed by atoms with Crippen LogP contribution in [-0.2, 0) is 22.0 Å². The molecule has 0 radical (unpaired) electrons. The summed E-state index contributed by atoms with van der Waals surface area (Å²) in [5.41, 5.74) is -0.910. The first kappa shape index (κ1) is 18.1. The number of benzene rings is 2. The Morgan fingerprint density at radius 3 is 2.21 bits per heavy atom. The maximum Gasteiger partial charge on any atom is 0.416 e. The molecule has 130 valence electrons. The molecule has 0 aliphatic rings. The first-order valence-corrected chi connectivity index (χ1v) is 8.58. The summed E-state index contributed by atoms with van der Waals surface area (Å²) in [4.78, 5) is 0. The Balaban J connectivity index is 2.11. The van der Waals surface area contributed by atoms with E-state index in [9.17, 15) is 21.6 Å². The molecule has 0 aliphatic heterocycles. The van der Waals surface area contributed by atoms with E-state index in [-0.39, 0.29) is 11.3 Å². The minimum atomic E-state index is -4.53. The second kappa shape index (κ2) is 7.12. The van der Waals surface area contributed by atoms with E-state index in [4.69, 9.17) is 8.92 Å². The summed E-state index contributed by atoms with van der Waals surface area (Å²) in [6, 6.07) is 10.0. The molecule has 0 saturated carbocycles. The van der Waals surface area contributed by atoms with Gasteiger partial charge in [0.25, 0.3) is 0 Å². The van der Waals surface area contributed by atoms with Crippen molar-refractivity contribution in [3.8, 4) is 11.5 Å². The predicted octanol–water partition coefficient (Wildman–Crippen LogP) is 4.01. The first-order chi connectivity index (χ1) is 11.2. The van der Waals surface area contributed by atoms with Crippen molar-refractivity contribution in [3.63, 3.8) is 0 Å². The van der Waals surface area contributed by atoms with E-state index in [1.165, 1.54) is 18.2 Å². The van der Waals surface area contributed by atoms with Gasteiger partial charge < -0.3 is 8.92 Å². The van der Waals surface area contributed by atoms with Crippen LogP contribution in [0.1, 0.15) is 18.1 Å². The lowest BCUT2D eigenvalue weighted by molar-refractivity contribution is -0.137. The average Bonchev–Trinajstić information content (AvgIpc) is 2.48. The van der Waals surface area contributed by atoms with Gasteiger partial charge in [0.05, 0.1) is 12.2 Å². The number of ether oxygens (including phenoxy) is 1. The van der Waals surface area contributed by atoms with Crippen LogP contribution in [0, 0.1) is 0 Å². The number of alkyl halides is 3. The normalized spacial score (nSPS) is 12.0. The van der Waals surface area contributed by atoms with E-state index < -0.39 is 27.6 Å². The molecule has 0 fully saturated rings. The third-order valence-electron chi connectivity index (χ3n) is 2.96. The molecular formula is C16H15F3O4S. The second-order valence-electron chi connectivity index (χ2n) is 4.89. The highest BCUT2D eigenvalue weighted by Crippen LogP contribution is 2.30. The molecule has 0 N–H and O–H groups in total. The zero-order chi connectivity index (χ0) is 17.8. The maximum atomic E-state index is 12.7. The van der Waals surface area contributed by atoms with Gasteiger partial charge in [-0.15, -0.1) is 0 Å². The number of hydrogen-bond donors (Lipinski definition) is 0. The Morgan fingerprint density at radius 1 is 1.00 bits per heavy atom. The first-order valence-electron chi connectivity index (χ1n) is 7.01. The molecule has 0 bridgehead atoms. The van der Waals surface area contributed by atoms with Gasteiger partial charge in [0.1, 0.15) is 17.3 Å². The molecule has 0 aromatic heterocycles. The van der Waals surface area contributed by atoms with Crippen molar-refractivity contribution in [2.24, 2.45) is 0 Å². The summed E-state index contributed by atoms with van der Waals surface area (Å²) in [5, 5.41) is 0. The Hall–Kier alpha value is -2.22. The Labute approximate surface area is 138 Å². The molecule has 8 heteroatoms. The second-order valence-corrected chi connectivity index (χ2v) is 6.46. The van der Waals surface area contributed by atoms with Crippen molar-refractivity contribution in [2.75, 3.05) is 6.61 Å². The molecule has 0 amide bonds. The summed E-state index contributed by atoms with van der Waals surface area (Å²) >= 11 is 0. The molecule has 0 aliphatic carbocycles. The van der Waals surface area contributed by atoms with E-state index in [2.05, 4.69) is 0 Å². The lowest BCUT2D eigenvalue weighted by Crippen LogP contribution is -2.13. The van der Waals surface area contributed by atoms with Crippen LogP contribution in [0.25, 0.3) is 0 Å². The van der Waals surface area contributed by atoms with E-state index in [0.29, 0.717) is 12.4 Å². The minimum Gasteiger partial charge on any atom is -0.494 e. The molecular weight excluding hydrogens is 345 g/mol. The van der Waals surface area contributed by atoms with Crippen molar-refractivity contribution >= 4 is 10.1 Å². The molecule has 0 saturated heterocycles. The molecule has 2 rings (SSSR count). The highest BCUT2D eigenvalue weighted by atomic mass is 32.2. The fraction of sp³-hybridized carbons (Fsp3) is 0.250. The van der Waals surface area contributed by atoms with Gasteiger partial charge in [-0.2, -0.15) is 21.6 Å². The van der Waals surface area contributed by atoms with E-state index in [0.717, 1.165) is 18.2 Å². The van der Waals surface area contributed by atoms with Crippen LogP contribution >= 0.6 is 0 Å². The van der Waals surface area contributed by atoms with Crippen LogP contribution in [-0.4, -0.2) is 15.0 Å². The molecule has 0 atom stereocenters. The monoisotopic (exact) mass is 360 g/mol. The average molecular weight is 360 g/mol. The van der Waals surface area contributed by atoms with Gasteiger partial charge in [0.15, 0.2) is 0 Å². The lowest BCUT2D eigenvalue weighted by Gasteiger charge is -2.10. The van der Waals surface area contributed by atoms with Crippen LogP contribution in [0.3, 0.4) is 0 Å². The van der Waals surface area contributed by atoms with Crippen LogP contribution in [0.2, 0.25) is 0 Å². The van der Waals surface area contributed by atoms with Crippen molar-refractivity contribution in [2.45, 2.75) is 18.9 Å². The zero-order valence-electron chi connectivity index (χ0n) is 12.7. The third kappa shape index (κ3) is 5.16. The smallest absolute Gasteiger partial charge is 0.416 e. The fourth-order valence-electron chi connectivity index (χ4n) is 1.98. The SMILES string of the molecule is CCOc1ccc(OS(=O)(=O)Cc2cccc(C(F)(F)F)c2)cc1. The van der Waals surface area contributed by atoms with Crippen LogP contribution in [0.4, 0.5) is 13.2 Å². The summed E-state index contributed by atoms with van der Waals surface area (Å²) in [5.74, 6) is -0.0463. The lowest BCUT2D eigenvalue weighted by atomic mass is 10.1. The molecule has 2 aromatic rings. The fourth-order valence-corrected chi connectivity index (χ4v) is 3.03. The topological polar surface area (TPSA) is 52.6 Å². The quantitative estimate of drug-likeness (QED) is 0.731. The van der Waals surface area contributed by atoms with E-state index >= 15 is 0 Å².